The van der Waals surface area contributed by atoms with Crippen LogP contribution in [0.25, 0.3) is 11.0 Å². The van der Waals surface area contributed by atoms with Gasteiger partial charge in [0.05, 0.1) is 28.1 Å². The number of nitrogens with one attached hydrogen (secondary N) is 2. The molecule has 0 radical (unpaired) electrons. The molecule has 0 atom stereocenters. The third-order valence-corrected chi connectivity index (χ3v) is 7.49. The first-order valence-electron chi connectivity index (χ1n) is 10.7. The molecule has 0 fully saturated rings. The standard InChI is InChI=1S/C24H24N4O4S2/c1-4-16-14-18(24(29)32-5-2)23(33-16)27-21-22(26-20-12-7-6-11-19(20)25-21)28-34(30,31)17-10-8-9-15(3)13-17/h6-14H,4-5H2,1-3H3,(H,25,27)(H,26,28). The Kier molecular flexibility index (Phi) is 6.80. The highest BCUT2D eigenvalue weighted by Crippen LogP contribution is 2.34. The zero-order chi connectivity index (χ0) is 24.3. The van der Waals surface area contributed by atoms with Crippen LogP contribution in [0.15, 0.2) is 59.5 Å². The number of thiophene rings is 1. The maximum absolute atomic E-state index is 13.1. The summed E-state index contributed by atoms with van der Waals surface area (Å²) < 4.78 is 34.0. The van der Waals surface area contributed by atoms with E-state index < -0.39 is 16.0 Å². The van der Waals surface area contributed by atoms with Crippen LogP contribution in [0.4, 0.5) is 16.6 Å². The molecule has 10 heteroatoms. The minimum atomic E-state index is -3.93. The predicted molar refractivity (Wildman–Crippen MR) is 134 cm³/mol. The number of aromatic nitrogens is 2. The summed E-state index contributed by atoms with van der Waals surface area (Å²) >= 11 is 1.38. The number of para-hydroxylation sites is 2. The van der Waals surface area contributed by atoms with E-state index >= 15 is 0 Å². The Morgan fingerprint density at radius 2 is 1.71 bits per heavy atom. The Balaban J connectivity index is 1.80. The van der Waals surface area contributed by atoms with Crippen molar-refractivity contribution in [2.24, 2.45) is 0 Å². The Labute approximate surface area is 202 Å². The van der Waals surface area contributed by atoms with Gasteiger partial charge >= 0.3 is 5.97 Å². The first-order chi connectivity index (χ1) is 16.3. The quantitative estimate of drug-likeness (QED) is 0.319. The Hall–Kier alpha value is -3.50. The van der Waals surface area contributed by atoms with Crippen molar-refractivity contribution in [3.05, 3.63) is 70.6 Å². The van der Waals surface area contributed by atoms with Gasteiger partial charge in [0, 0.05) is 4.88 Å². The summed E-state index contributed by atoms with van der Waals surface area (Å²) in [7, 11) is -3.93. The fourth-order valence-electron chi connectivity index (χ4n) is 3.30. The van der Waals surface area contributed by atoms with Crippen molar-refractivity contribution in [1.82, 2.24) is 9.97 Å². The molecule has 2 N–H and O–H groups in total. The Bertz CT molecular complexity index is 1470. The summed E-state index contributed by atoms with van der Waals surface area (Å²) in [6, 6.07) is 15.5. The number of esters is 1. The summed E-state index contributed by atoms with van der Waals surface area (Å²) in [5, 5.41) is 3.64. The third-order valence-electron chi connectivity index (χ3n) is 4.96. The maximum atomic E-state index is 13.1. The maximum Gasteiger partial charge on any atom is 0.341 e. The molecule has 34 heavy (non-hydrogen) atoms. The molecule has 4 aromatic rings. The molecule has 0 saturated heterocycles. The van der Waals surface area contributed by atoms with Crippen LogP contribution in [0.3, 0.4) is 0 Å². The van der Waals surface area contributed by atoms with Crippen molar-refractivity contribution >= 4 is 55.0 Å². The molecule has 0 aliphatic heterocycles. The number of ether oxygens (including phenoxy) is 1. The lowest BCUT2D eigenvalue weighted by Crippen LogP contribution is -2.16. The van der Waals surface area contributed by atoms with Crippen molar-refractivity contribution in [1.29, 1.82) is 0 Å². The lowest BCUT2D eigenvalue weighted by molar-refractivity contribution is 0.0528. The SMILES string of the molecule is CCOC(=O)c1cc(CC)sc1Nc1nc2ccccc2nc1NS(=O)(=O)c1cccc(C)c1. The number of benzene rings is 2. The highest BCUT2D eigenvalue weighted by Gasteiger charge is 2.22. The summed E-state index contributed by atoms with van der Waals surface area (Å²) in [4.78, 5) is 22.7. The first kappa shape index (κ1) is 23.7. The molecule has 8 nitrogen and oxygen atoms in total. The van der Waals surface area contributed by atoms with Crippen LogP contribution in [0.1, 0.15) is 34.6 Å². The molecule has 0 spiro atoms. The molecule has 0 aliphatic rings. The topological polar surface area (TPSA) is 110 Å². The largest absolute Gasteiger partial charge is 0.462 e. The lowest BCUT2D eigenvalue weighted by Gasteiger charge is -2.14. The van der Waals surface area contributed by atoms with Gasteiger partial charge < -0.3 is 10.1 Å². The van der Waals surface area contributed by atoms with Gasteiger partial charge in [-0.05, 0) is 56.2 Å². The number of fused-ring (bicyclic) bond motifs is 1. The second-order valence-corrected chi connectivity index (χ2v) is 10.3. The Morgan fingerprint density at radius 1 is 1.00 bits per heavy atom. The molecule has 0 amide bonds. The van der Waals surface area contributed by atoms with Gasteiger partial charge in [0.25, 0.3) is 10.0 Å². The van der Waals surface area contributed by atoms with E-state index in [1.807, 2.05) is 26.0 Å². The minimum Gasteiger partial charge on any atom is -0.462 e. The molecule has 2 aromatic carbocycles. The first-order valence-corrected chi connectivity index (χ1v) is 13.0. The second-order valence-electron chi connectivity index (χ2n) is 7.49. The van der Waals surface area contributed by atoms with Crippen molar-refractivity contribution < 1.29 is 17.9 Å². The summed E-state index contributed by atoms with van der Waals surface area (Å²) in [5.41, 5.74) is 2.29. The predicted octanol–water partition coefficient (Wildman–Crippen LogP) is 5.28. The van der Waals surface area contributed by atoms with Crippen LogP contribution in [0.2, 0.25) is 0 Å². The van der Waals surface area contributed by atoms with Crippen LogP contribution < -0.4 is 10.0 Å². The molecule has 176 valence electrons. The van der Waals surface area contributed by atoms with Gasteiger partial charge in [-0.25, -0.2) is 23.2 Å². The van der Waals surface area contributed by atoms with E-state index in [0.29, 0.717) is 21.6 Å². The fourth-order valence-corrected chi connectivity index (χ4v) is 5.40. The van der Waals surface area contributed by atoms with Crippen LogP contribution in [-0.2, 0) is 21.2 Å². The normalized spacial score (nSPS) is 11.4. The number of carbonyl (C=O) groups excluding carboxylic acids is 1. The van der Waals surface area contributed by atoms with E-state index in [1.165, 1.54) is 17.4 Å². The van der Waals surface area contributed by atoms with E-state index in [2.05, 4.69) is 20.0 Å². The van der Waals surface area contributed by atoms with E-state index in [-0.39, 0.29) is 23.1 Å². The van der Waals surface area contributed by atoms with Gasteiger partial charge in [-0.15, -0.1) is 11.3 Å². The smallest absolute Gasteiger partial charge is 0.341 e. The Morgan fingerprint density at radius 3 is 2.35 bits per heavy atom. The van der Waals surface area contributed by atoms with Crippen LogP contribution in [0, 0.1) is 6.92 Å². The molecule has 0 aliphatic carbocycles. The van der Waals surface area contributed by atoms with E-state index in [1.54, 1.807) is 43.3 Å². The average Bonchev–Trinajstić information content (AvgIpc) is 3.22. The van der Waals surface area contributed by atoms with Gasteiger partial charge in [0.1, 0.15) is 5.00 Å². The molecular formula is C24H24N4O4S2. The summed E-state index contributed by atoms with van der Waals surface area (Å²) in [5.74, 6) is -0.247. The monoisotopic (exact) mass is 496 g/mol. The molecule has 0 saturated carbocycles. The number of sulfonamides is 1. The van der Waals surface area contributed by atoms with E-state index in [9.17, 15) is 13.2 Å². The van der Waals surface area contributed by atoms with Crippen molar-refractivity contribution in [2.75, 3.05) is 16.6 Å². The summed E-state index contributed by atoms with van der Waals surface area (Å²) in [6.45, 7) is 5.79. The molecule has 2 aromatic heterocycles. The molecule has 4 rings (SSSR count). The van der Waals surface area contributed by atoms with Crippen LogP contribution in [0.5, 0.6) is 0 Å². The summed E-state index contributed by atoms with van der Waals surface area (Å²) in [6.07, 6.45) is 0.731. The fraction of sp³-hybridized carbons (Fsp3) is 0.208. The van der Waals surface area contributed by atoms with Gasteiger partial charge in [-0.3, -0.25) is 4.72 Å². The average molecular weight is 497 g/mol. The lowest BCUT2D eigenvalue weighted by atomic mass is 10.2. The zero-order valence-electron chi connectivity index (χ0n) is 19.0. The molecule has 2 heterocycles. The number of rotatable bonds is 8. The highest BCUT2D eigenvalue weighted by atomic mass is 32.2. The number of nitrogens with zero attached hydrogens (tertiary/aromatic N) is 2. The van der Waals surface area contributed by atoms with Gasteiger partial charge in [0.15, 0.2) is 11.6 Å². The number of carbonyl (C=O) groups is 1. The van der Waals surface area contributed by atoms with Gasteiger partial charge in [-0.2, -0.15) is 0 Å². The zero-order valence-corrected chi connectivity index (χ0v) is 20.6. The van der Waals surface area contributed by atoms with Crippen molar-refractivity contribution in [3.63, 3.8) is 0 Å². The van der Waals surface area contributed by atoms with Crippen LogP contribution in [-0.4, -0.2) is 31.0 Å². The molecule has 0 bridgehead atoms. The molecular weight excluding hydrogens is 472 g/mol. The number of anilines is 3. The van der Waals surface area contributed by atoms with Crippen LogP contribution >= 0.6 is 11.3 Å². The van der Waals surface area contributed by atoms with E-state index in [4.69, 9.17) is 4.74 Å². The molecule has 0 unspecified atom stereocenters. The minimum absolute atomic E-state index is 0.0291. The van der Waals surface area contributed by atoms with Gasteiger partial charge in [-0.1, -0.05) is 31.2 Å². The third kappa shape index (κ3) is 5.02. The van der Waals surface area contributed by atoms with Gasteiger partial charge in [0.2, 0.25) is 0 Å². The van der Waals surface area contributed by atoms with Crippen molar-refractivity contribution in [2.45, 2.75) is 32.1 Å². The second kappa shape index (κ2) is 9.78. The number of hydrogen-bond acceptors (Lipinski definition) is 8. The van der Waals surface area contributed by atoms with Crippen molar-refractivity contribution in [3.8, 4) is 0 Å². The highest BCUT2D eigenvalue weighted by molar-refractivity contribution is 7.92. The number of aryl methyl sites for hydroxylation is 2. The number of hydrogen-bond donors (Lipinski definition) is 2. The van der Waals surface area contributed by atoms with E-state index in [0.717, 1.165) is 16.9 Å².